The highest BCUT2D eigenvalue weighted by molar-refractivity contribution is 5.94. The Morgan fingerprint density at radius 3 is 1.31 bits per heavy atom. The molecule has 0 radical (unpaired) electrons. The highest BCUT2D eigenvalue weighted by Gasteiger charge is 2.29. The fraction of sp³-hybridized carbons (Fsp3) is 0.562. The first-order valence-corrected chi connectivity index (χ1v) is 14.1. The van der Waals surface area contributed by atoms with Gasteiger partial charge in [-0.2, -0.15) is 0 Å². The molecule has 0 fully saturated rings. The van der Waals surface area contributed by atoms with E-state index in [4.69, 9.17) is 9.47 Å². The Labute approximate surface area is 218 Å². The first-order chi connectivity index (χ1) is 17.7. The molecule has 0 aliphatic rings. The van der Waals surface area contributed by atoms with Gasteiger partial charge in [0.1, 0.15) is 13.2 Å². The Hall–Kier alpha value is -2.62. The van der Waals surface area contributed by atoms with Gasteiger partial charge >= 0.3 is 11.9 Å². The second-order valence-corrected chi connectivity index (χ2v) is 9.77. The third kappa shape index (κ3) is 13.5. The van der Waals surface area contributed by atoms with Crippen LogP contribution in [0.3, 0.4) is 0 Å². The molecule has 2 aromatic carbocycles. The molecular formula is C32H46O4. The van der Waals surface area contributed by atoms with Crippen LogP contribution in [0.4, 0.5) is 0 Å². The van der Waals surface area contributed by atoms with Gasteiger partial charge in [-0.05, 0) is 17.5 Å². The number of carbonyl (C=O) groups excluding carboxylic acids is 2. The summed E-state index contributed by atoms with van der Waals surface area (Å²) < 4.78 is 11.0. The lowest BCUT2D eigenvalue weighted by molar-refractivity contribution is -0.164. The van der Waals surface area contributed by atoms with Crippen molar-refractivity contribution in [3.05, 3.63) is 71.8 Å². The number of hydrogen-bond acceptors (Lipinski definition) is 4. The van der Waals surface area contributed by atoms with Gasteiger partial charge < -0.3 is 9.47 Å². The predicted molar refractivity (Wildman–Crippen MR) is 146 cm³/mol. The van der Waals surface area contributed by atoms with Crippen LogP contribution >= 0.6 is 0 Å². The third-order valence-corrected chi connectivity index (χ3v) is 6.61. The van der Waals surface area contributed by atoms with Gasteiger partial charge in [0.2, 0.25) is 0 Å². The van der Waals surface area contributed by atoms with Crippen LogP contribution in [-0.2, 0) is 32.3 Å². The van der Waals surface area contributed by atoms with Crippen LogP contribution in [-0.4, -0.2) is 11.9 Å². The summed E-state index contributed by atoms with van der Waals surface area (Å²) in [7, 11) is 0. The average Bonchev–Trinajstić information content (AvgIpc) is 2.92. The number of rotatable bonds is 20. The lowest BCUT2D eigenvalue weighted by Crippen LogP contribution is -2.28. The van der Waals surface area contributed by atoms with Crippen LogP contribution in [0.25, 0.3) is 0 Å². The Morgan fingerprint density at radius 1 is 0.556 bits per heavy atom. The molecule has 0 saturated carbocycles. The maximum Gasteiger partial charge on any atom is 0.320 e. The Morgan fingerprint density at radius 2 is 0.917 bits per heavy atom. The third-order valence-electron chi connectivity index (χ3n) is 6.61. The Balaban J connectivity index is 1.68. The standard InChI is InChI=1S/C32H46O4/c1-2-3-4-5-6-7-8-9-10-11-12-13-20-25-30(31(33)35-26-28-21-16-14-17-22-28)32(34)36-27-29-23-18-15-19-24-29/h14-19,21-24,30H,2-13,20,25-27H2,1H3. The van der Waals surface area contributed by atoms with E-state index in [1.54, 1.807) is 0 Å². The average molecular weight is 495 g/mol. The molecule has 0 amide bonds. The van der Waals surface area contributed by atoms with E-state index in [-0.39, 0.29) is 13.2 Å². The van der Waals surface area contributed by atoms with Crippen LogP contribution in [0.2, 0.25) is 0 Å². The topological polar surface area (TPSA) is 52.6 Å². The number of benzene rings is 2. The quantitative estimate of drug-likeness (QED) is 0.105. The van der Waals surface area contributed by atoms with Crippen molar-refractivity contribution in [3.63, 3.8) is 0 Å². The molecule has 0 heterocycles. The van der Waals surface area contributed by atoms with Gasteiger partial charge in [-0.25, -0.2) is 0 Å². The summed E-state index contributed by atoms with van der Waals surface area (Å²) in [6, 6.07) is 19.1. The maximum absolute atomic E-state index is 12.8. The smallest absolute Gasteiger partial charge is 0.320 e. The molecule has 0 N–H and O–H groups in total. The number of hydrogen-bond donors (Lipinski definition) is 0. The summed E-state index contributed by atoms with van der Waals surface area (Å²) >= 11 is 0. The lowest BCUT2D eigenvalue weighted by atomic mass is 9.99. The highest BCUT2D eigenvalue weighted by atomic mass is 16.6. The molecule has 36 heavy (non-hydrogen) atoms. The molecule has 0 aliphatic carbocycles. The second kappa shape index (κ2) is 19.6. The molecule has 0 unspecified atom stereocenters. The van der Waals surface area contributed by atoms with Crippen molar-refractivity contribution in [2.45, 2.75) is 110 Å². The molecule has 4 heteroatoms. The summed E-state index contributed by atoms with van der Waals surface area (Å²) in [6.45, 7) is 2.59. The number of esters is 2. The van der Waals surface area contributed by atoms with Gasteiger partial charge in [0.05, 0.1) is 0 Å². The van der Waals surface area contributed by atoms with Gasteiger partial charge in [-0.3, -0.25) is 9.59 Å². The maximum atomic E-state index is 12.8. The molecular weight excluding hydrogens is 448 g/mol. The summed E-state index contributed by atoms with van der Waals surface area (Å²) in [5.41, 5.74) is 1.81. The second-order valence-electron chi connectivity index (χ2n) is 9.77. The minimum Gasteiger partial charge on any atom is -0.460 e. The molecule has 0 atom stereocenters. The summed E-state index contributed by atoms with van der Waals surface area (Å²) in [4.78, 5) is 25.6. The zero-order valence-electron chi connectivity index (χ0n) is 22.3. The highest BCUT2D eigenvalue weighted by Crippen LogP contribution is 2.18. The SMILES string of the molecule is CCCCCCCCCCCCCCCC(C(=O)OCc1ccccc1)C(=O)OCc1ccccc1. The summed E-state index contributed by atoms with van der Waals surface area (Å²) in [5, 5.41) is 0. The first-order valence-electron chi connectivity index (χ1n) is 14.1. The Bertz CT molecular complexity index is 763. The molecule has 4 nitrogen and oxygen atoms in total. The van der Waals surface area contributed by atoms with Gasteiger partial charge in [0.15, 0.2) is 5.92 Å². The molecule has 0 bridgehead atoms. The van der Waals surface area contributed by atoms with Crippen molar-refractivity contribution in [1.29, 1.82) is 0 Å². The summed E-state index contributed by atoms with van der Waals surface area (Å²) in [5.74, 6) is -1.85. The van der Waals surface area contributed by atoms with Crippen molar-refractivity contribution in [2.24, 2.45) is 5.92 Å². The molecule has 0 spiro atoms. The van der Waals surface area contributed by atoms with Crippen LogP contribution in [0.1, 0.15) is 108 Å². The minimum absolute atomic E-state index is 0.167. The van der Waals surface area contributed by atoms with Crippen LogP contribution in [0.5, 0.6) is 0 Å². The van der Waals surface area contributed by atoms with E-state index in [0.29, 0.717) is 6.42 Å². The van der Waals surface area contributed by atoms with E-state index >= 15 is 0 Å². The molecule has 0 aromatic heterocycles. The predicted octanol–water partition coefficient (Wildman–Crippen LogP) is 8.57. The van der Waals surface area contributed by atoms with Gasteiger partial charge in [-0.15, -0.1) is 0 Å². The van der Waals surface area contributed by atoms with Crippen LogP contribution in [0, 0.1) is 5.92 Å². The number of carbonyl (C=O) groups is 2. The van der Waals surface area contributed by atoms with Crippen molar-refractivity contribution in [2.75, 3.05) is 0 Å². The van der Waals surface area contributed by atoms with Crippen molar-refractivity contribution in [3.8, 4) is 0 Å². The fourth-order valence-corrected chi connectivity index (χ4v) is 4.36. The molecule has 2 aromatic rings. The monoisotopic (exact) mass is 494 g/mol. The van der Waals surface area contributed by atoms with Gasteiger partial charge in [0.25, 0.3) is 0 Å². The van der Waals surface area contributed by atoms with Crippen molar-refractivity contribution >= 4 is 11.9 Å². The molecule has 0 saturated heterocycles. The largest absolute Gasteiger partial charge is 0.460 e. The lowest BCUT2D eigenvalue weighted by Gasteiger charge is -2.16. The van der Waals surface area contributed by atoms with E-state index in [9.17, 15) is 9.59 Å². The van der Waals surface area contributed by atoms with E-state index in [1.807, 2.05) is 60.7 Å². The van der Waals surface area contributed by atoms with E-state index in [0.717, 1.165) is 30.4 Å². The molecule has 0 aliphatic heterocycles. The number of ether oxygens (including phenoxy) is 2. The fourth-order valence-electron chi connectivity index (χ4n) is 4.36. The van der Waals surface area contributed by atoms with Crippen molar-refractivity contribution < 1.29 is 19.1 Å². The van der Waals surface area contributed by atoms with Crippen LogP contribution in [0.15, 0.2) is 60.7 Å². The Kier molecular flexibility index (Phi) is 16.1. The molecule has 198 valence electrons. The molecule has 2 rings (SSSR count). The first kappa shape index (κ1) is 29.6. The van der Waals surface area contributed by atoms with Gasteiger partial charge in [0, 0.05) is 0 Å². The van der Waals surface area contributed by atoms with E-state index < -0.39 is 17.9 Å². The zero-order valence-corrected chi connectivity index (χ0v) is 22.3. The normalized spacial score (nSPS) is 10.9. The number of unbranched alkanes of at least 4 members (excludes halogenated alkanes) is 12. The van der Waals surface area contributed by atoms with Crippen molar-refractivity contribution in [1.82, 2.24) is 0 Å². The zero-order chi connectivity index (χ0) is 25.7. The van der Waals surface area contributed by atoms with Gasteiger partial charge in [-0.1, -0.05) is 151 Å². The van der Waals surface area contributed by atoms with Crippen LogP contribution < -0.4 is 0 Å². The van der Waals surface area contributed by atoms with E-state index in [2.05, 4.69) is 6.92 Å². The van der Waals surface area contributed by atoms with E-state index in [1.165, 1.54) is 64.2 Å². The summed E-state index contributed by atoms with van der Waals surface area (Å²) in [6.07, 6.45) is 16.8. The minimum atomic E-state index is -0.870.